The Morgan fingerprint density at radius 2 is 2.00 bits per heavy atom. The zero-order valence-electron chi connectivity index (χ0n) is 15.6. The molecule has 1 atom stereocenters. The molecule has 2 aromatic rings. The molecule has 2 rings (SSSR count). The maximum Gasteiger partial charge on any atom is 0.343 e. The van der Waals surface area contributed by atoms with E-state index in [0.717, 1.165) is 0 Å². The SMILES string of the molecule is Cc1nn(-c2ccccc2)c(Cl)c1C(=O)OCC(=O)N[C@@](C)(C#N)C(C)C. The Balaban J connectivity index is 2.10. The predicted octanol–water partition coefficient (Wildman–Crippen LogP) is 3.05. The van der Waals surface area contributed by atoms with Crippen molar-refractivity contribution in [1.29, 1.82) is 5.26 Å². The van der Waals surface area contributed by atoms with Crippen molar-refractivity contribution >= 4 is 23.5 Å². The molecule has 0 aliphatic rings. The van der Waals surface area contributed by atoms with Crippen LogP contribution in [0.25, 0.3) is 5.69 Å². The van der Waals surface area contributed by atoms with E-state index in [2.05, 4.69) is 16.5 Å². The van der Waals surface area contributed by atoms with Crippen molar-refractivity contribution in [1.82, 2.24) is 15.1 Å². The largest absolute Gasteiger partial charge is 0.452 e. The Labute approximate surface area is 162 Å². The van der Waals surface area contributed by atoms with Gasteiger partial charge in [0, 0.05) is 0 Å². The third-order valence-corrected chi connectivity index (χ3v) is 4.68. The molecule has 0 radical (unpaired) electrons. The first kappa shape index (κ1) is 20.5. The summed E-state index contributed by atoms with van der Waals surface area (Å²) in [5, 5.41) is 16.2. The summed E-state index contributed by atoms with van der Waals surface area (Å²) in [4.78, 5) is 24.5. The van der Waals surface area contributed by atoms with Crippen LogP contribution in [0.15, 0.2) is 30.3 Å². The van der Waals surface area contributed by atoms with Gasteiger partial charge in [-0.3, -0.25) is 4.79 Å². The fourth-order valence-electron chi connectivity index (χ4n) is 2.30. The molecule has 27 heavy (non-hydrogen) atoms. The summed E-state index contributed by atoms with van der Waals surface area (Å²) >= 11 is 6.30. The van der Waals surface area contributed by atoms with E-state index >= 15 is 0 Å². The minimum absolute atomic E-state index is 0.0974. The van der Waals surface area contributed by atoms with Gasteiger partial charge in [-0.15, -0.1) is 0 Å². The second kappa shape index (κ2) is 8.23. The van der Waals surface area contributed by atoms with Crippen LogP contribution < -0.4 is 5.32 Å². The molecule has 0 unspecified atom stereocenters. The number of nitrogens with one attached hydrogen (secondary N) is 1. The number of aromatic nitrogens is 2. The van der Waals surface area contributed by atoms with E-state index < -0.39 is 24.0 Å². The number of nitrogens with zero attached hydrogens (tertiary/aromatic N) is 3. The Kier molecular flexibility index (Phi) is 6.24. The smallest absolute Gasteiger partial charge is 0.343 e. The number of carbonyl (C=O) groups is 2. The van der Waals surface area contributed by atoms with Crippen molar-refractivity contribution < 1.29 is 14.3 Å². The van der Waals surface area contributed by atoms with Gasteiger partial charge in [-0.05, 0) is 31.9 Å². The number of hydrogen-bond acceptors (Lipinski definition) is 5. The Hall–Kier alpha value is -2.85. The normalized spacial score (nSPS) is 12.9. The van der Waals surface area contributed by atoms with Gasteiger partial charge < -0.3 is 10.1 Å². The van der Waals surface area contributed by atoms with Crippen LogP contribution in [-0.4, -0.2) is 33.8 Å². The van der Waals surface area contributed by atoms with E-state index in [-0.39, 0.29) is 16.6 Å². The molecule has 0 bridgehead atoms. The summed E-state index contributed by atoms with van der Waals surface area (Å²) in [6.07, 6.45) is 0. The van der Waals surface area contributed by atoms with Crippen LogP contribution in [0, 0.1) is 24.2 Å². The molecule has 0 spiro atoms. The Morgan fingerprint density at radius 1 is 1.37 bits per heavy atom. The third-order valence-electron chi connectivity index (χ3n) is 4.33. The number of amides is 1. The molecular formula is C19H21ClN4O3. The minimum atomic E-state index is -1.05. The number of carbonyl (C=O) groups excluding carboxylic acids is 2. The van der Waals surface area contributed by atoms with Gasteiger partial charge in [-0.2, -0.15) is 10.4 Å². The number of hydrogen-bond donors (Lipinski definition) is 1. The number of benzene rings is 1. The molecule has 1 aromatic carbocycles. The molecular weight excluding hydrogens is 368 g/mol. The lowest BCUT2D eigenvalue weighted by Gasteiger charge is -2.27. The second-order valence-corrected chi connectivity index (χ2v) is 6.95. The van der Waals surface area contributed by atoms with Gasteiger partial charge in [0.2, 0.25) is 0 Å². The highest BCUT2D eigenvalue weighted by Crippen LogP contribution is 2.24. The predicted molar refractivity (Wildman–Crippen MR) is 101 cm³/mol. The van der Waals surface area contributed by atoms with E-state index in [1.165, 1.54) is 4.68 Å². The average molecular weight is 389 g/mol. The van der Waals surface area contributed by atoms with Crippen LogP contribution in [0.4, 0.5) is 0 Å². The standard InChI is InChI=1S/C19H21ClN4O3/c1-12(2)19(4,11-21)22-15(25)10-27-18(26)16-13(3)23-24(17(16)20)14-8-6-5-7-9-14/h5-9,12H,10H2,1-4H3,(H,22,25)/t19-/m0/s1. The maximum absolute atomic E-state index is 12.4. The van der Waals surface area contributed by atoms with Crippen molar-refractivity contribution in [3.8, 4) is 11.8 Å². The molecule has 1 heterocycles. The van der Waals surface area contributed by atoms with Gasteiger partial charge in [0.1, 0.15) is 16.3 Å². The molecule has 1 N–H and O–H groups in total. The number of ether oxygens (including phenoxy) is 1. The summed E-state index contributed by atoms with van der Waals surface area (Å²) < 4.78 is 6.50. The van der Waals surface area contributed by atoms with E-state index in [9.17, 15) is 14.9 Å². The van der Waals surface area contributed by atoms with Crippen LogP contribution in [-0.2, 0) is 9.53 Å². The van der Waals surface area contributed by atoms with Gasteiger partial charge in [-0.25, -0.2) is 9.48 Å². The highest BCUT2D eigenvalue weighted by molar-refractivity contribution is 6.33. The third kappa shape index (κ3) is 4.47. The van der Waals surface area contributed by atoms with Crippen molar-refractivity contribution in [3.05, 3.63) is 46.7 Å². The molecule has 7 nitrogen and oxygen atoms in total. The number of halogens is 1. The van der Waals surface area contributed by atoms with Crippen molar-refractivity contribution in [2.75, 3.05) is 6.61 Å². The monoisotopic (exact) mass is 388 g/mol. The number of nitriles is 1. The highest BCUT2D eigenvalue weighted by atomic mass is 35.5. The lowest BCUT2D eigenvalue weighted by atomic mass is 9.90. The molecule has 142 valence electrons. The number of esters is 1. The zero-order chi connectivity index (χ0) is 20.2. The fraction of sp³-hybridized carbons (Fsp3) is 0.368. The molecule has 0 saturated heterocycles. The first-order valence-electron chi connectivity index (χ1n) is 8.39. The van der Waals surface area contributed by atoms with Crippen LogP contribution >= 0.6 is 11.6 Å². The van der Waals surface area contributed by atoms with Gasteiger partial charge in [-0.1, -0.05) is 43.6 Å². The molecule has 0 fully saturated rings. The van der Waals surface area contributed by atoms with E-state index in [0.29, 0.717) is 11.4 Å². The molecule has 0 aliphatic carbocycles. The van der Waals surface area contributed by atoms with Crippen LogP contribution in [0.2, 0.25) is 5.15 Å². The summed E-state index contributed by atoms with van der Waals surface area (Å²) in [5.74, 6) is -1.42. The maximum atomic E-state index is 12.4. The minimum Gasteiger partial charge on any atom is -0.452 e. The summed E-state index contributed by atoms with van der Waals surface area (Å²) in [6, 6.07) is 11.2. The number of para-hydroxylation sites is 1. The molecule has 1 aromatic heterocycles. The van der Waals surface area contributed by atoms with E-state index in [1.54, 1.807) is 26.0 Å². The molecule has 0 saturated carbocycles. The van der Waals surface area contributed by atoms with Gasteiger partial charge >= 0.3 is 5.97 Å². The van der Waals surface area contributed by atoms with Crippen LogP contribution in [0.3, 0.4) is 0 Å². The fourth-order valence-corrected chi connectivity index (χ4v) is 2.65. The zero-order valence-corrected chi connectivity index (χ0v) is 16.4. The lowest BCUT2D eigenvalue weighted by Crippen LogP contribution is -2.50. The molecule has 8 heteroatoms. The Morgan fingerprint density at radius 3 is 2.56 bits per heavy atom. The van der Waals surface area contributed by atoms with Crippen LogP contribution in [0.1, 0.15) is 36.8 Å². The quantitative estimate of drug-likeness (QED) is 0.767. The number of aryl methyl sites for hydroxylation is 1. The van der Waals surface area contributed by atoms with Crippen molar-refractivity contribution in [2.24, 2.45) is 5.92 Å². The van der Waals surface area contributed by atoms with Gasteiger partial charge in [0.25, 0.3) is 5.91 Å². The van der Waals surface area contributed by atoms with E-state index in [1.807, 2.05) is 32.0 Å². The summed E-state index contributed by atoms with van der Waals surface area (Å²) in [5.41, 5.74) is 0.137. The topological polar surface area (TPSA) is 97.0 Å². The van der Waals surface area contributed by atoms with E-state index in [4.69, 9.17) is 16.3 Å². The van der Waals surface area contributed by atoms with Gasteiger partial charge in [0.05, 0.1) is 17.5 Å². The summed E-state index contributed by atoms with van der Waals surface area (Å²) in [6.45, 7) is 6.36. The van der Waals surface area contributed by atoms with Crippen molar-refractivity contribution in [2.45, 2.75) is 33.2 Å². The molecule has 1 amide bonds. The molecule has 0 aliphatic heterocycles. The van der Waals surface area contributed by atoms with Gasteiger partial charge in [0.15, 0.2) is 6.61 Å². The summed E-state index contributed by atoms with van der Waals surface area (Å²) in [7, 11) is 0. The van der Waals surface area contributed by atoms with Crippen LogP contribution in [0.5, 0.6) is 0 Å². The average Bonchev–Trinajstić information content (AvgIpc) is 2.94. The van der Waals surface area contributed by atoms with Crippen molar-refractivity contribution in [3.63, 3.8) is 0 Å². The number of rotatable bonds is 6. The first-order chi connectivity index (χ1) is 12.7. The highest BCUT2D eigenvalue weighted by Gasteiger charge is 2.30. The Bertz CT molecular complexity index is 886. The second-order valence-electron chi connectivity index (χ2n) is 6.59. The lowest BCUT2D eigenvalue weighted by molar-refractivity contribution is -0.125. The first-order valence-corrected chi connectivity index (χ1v) is 8.77.